The minimum absolute atomic E-state index is 0.0897. The zero-order valence-electron chi connectivity index (χ0n) is 5.28. The average molecular weight is 144 g/mol. The second kappa shape index (κ2) is 2.26. The zero-order chi connectivity index (χ0) is 7.72. The Kier molecular flexibility index (Phi) is 1.58. The van der Waals surface area contributed by atoms with Gasteiger partial charge < -0.3 is 10.8 Å². The lowest BCUT2D eigenvalue weighted by atomic mass is 10.5. The zero-order valence-corrected chi connectivity index (χ0v) is 5.28. The maximum Gasteiger partial charge on any atom is 0.317 e. The molecule has 0 saturated carbocycles. The highest BCUT2D eigenvalue weighted by Crippen LogP contribution is 2.14. The van der Waals surface area contributed by atoms with E-state index in [0.29, 0.717) is 6.54 Å². The van der Waals surface area contributed by atoms with E-state index in [1.54, 1.807) is 0 Å². The Balaban J connectivity index is 2.26. The molecule has 10 heavy (non-hydrogen) atoms. The van der Waals surface area contributed by atoms with Crippen LogP contribution in [-0.4, -0.2) is 41.0 Å². The van der Waals surface area contributed by atoms with Gasteiger partial charge in [-0.2, -0.15) is 0 Å². The predicted molar refractivity (Wildman–Crippen MR) is 32.2 cm³/mol. The number of nitrogens with two attached hydrogens (primary N) is 1. The second-order valence-corrected chi connectivity index (χ2v) is 2.24. The van der Waals surface area contributed by atoms with Gasteiger partial charge in [0.1, 0.15) is 6.04 Å². The SMILES string of the molecule is NC(=O)C1CN1CC(=O)O. The number of rotatable bonds is 3. The number of carboxylic acids is 1. The molecule has 1 aliphatic rings. The normalized spacial score (nSPS) is 29.6. The van der Waals surface area contributed by atoms with Gasteiger partial charge in [0.2, 0.25) is 5.91 Å². The van der Waals surface area contributed by atoms with E-state index in [0.717, 1.165) is 0 Å². The fraction of sp³-hybridized carbons (Fsp3) is 0.600. The maximum absolute atomic E-state index is 10.3. The van der Waals surface area contributed by atoms with Crippen LogP contribution in [0.4, 0.5) is 0 Å². The van der Waals surface area contributed by atoms with Gasteiger partial charge >= 0.3 is 5.97 Å². The first-order chi connectivity index (χ1) is 4.61. The molecule has 1 rings (SSSR count). The lowest BCUT2D eigenvalue weighted by molar-refractivity contribution is -0.137. The molecule has 1 fully saturated rings. The first-order valence-corrected chi connectivity index (χ1v) is 2.86. The van der Waals surface area contributed by atoms with Crippen molar-refractivity contribution in [3.8, 4) is 0 Å². The van der Waals surface area contributed by atoms with Crippen LogP contribution in [0.3, 0.4) is 0 Å². The molecule has 1 saturated heterocycles. The molecule has 0 aromatic heterocycles. The molecule has 1 amide bonds. The van der Waals surface area contributed by atoms with Crippen LogP contribution in [0.5, 0.6) is 0 Å². The molecule has 3 N–H and O–H groups in total. The standard InChI is InChI=1S/C5H8N2O3/c6-5(10)3-1-7(3)2-4(8)9/h3H,1-2H2,(H2,6,10)(H,8,9). The van der Waals surface area contributed by atoms with Crippen LogP contribution >= 0.6 is 0 Å². The summed E-state index contributed by atoms with van der Waals surface area (Å²) in [5.74, 6) is -1.37. The number of hydrogen-bond acceptors (Lipinski definition) is 3. The minimum atomic E-state index is -0.927. The van der Waals surface area contributed by atoms with Gasteiger partial charge in [-0.3, -0.25) is 14.5 Å². The van der Waals surface area contributed by atoms with Crippen LogP contribution in [0.2, 0.25) is 0 Å². The van der Waals surface area contributed by atoms with Crippen molar-refractivity contribution in [3.63, 3.8) is 0 Å². The molecule has 56 valence electrons. The number of carbonyl (C=O) groups is 2. The van der Waals surface area contributed by atoms with E-state index in [1.807, 2.05) is 0 Å². The van der Waals surface area contributed by atoms with Gasteiger partial charge in [-0.15, -0.1) is 0 Å². The first-order valence-electron chi connectivity index (χ1n) is 2.86. The summed E-state index contributed by atoms with van der Waals surface area (Å²) in [7, 11) is 0. The van der Waals surface area contributed by atoms with E-state index in [4.69, 9.17) is 10.8 Å². The Morgan fingerprint density at radius 3 is 2.60 bits per heavy atom. The van der Waals surface area contributed by atoms with Gasteiger partial charge in [-0.1, -0.05) is 0 Å². The third kappa shape index (κ3) is 1.44. The van der Waals surface area contributed by atoms with Crippen molar-refractivity contribution in [2.24, 2.45) is 5.73 Å². The summed E-state index contributed by atoms with van der Waals surface area (Å²) in [6.07, 6.45) is 0. The molecule has 1 aliphatic heterocycles. The van der Waals surface area contributed by atoms with Gasteiger partial charge in [-0.05, 0) is 0 Å². The third-order valence-electron chi connectivity index (χ3n) is 1.38. The summed E-state index contributed by atoms with van der Waals surface area (Å²) < 4.78 is 0. The van der Waals surface area contributed by atoms with E-state index < -0.39 is 11.9 Å². The largest absolute Gasteiger partial charge is 0.480 e. The highest BCUT2D eigenvalue weighted by atomic mass is 16.4. The maximum atomic E-state index is 10.3. The lowest BCUT2D eigenvalue weighted by Crippen LogP contribution is -2.24. The number of hydrogen-bond donors (Lipinski definition) is 2. The lowest BCUT2D eigenvalue weighted by Gasteiger charge is -1.93. The van der Waals surface area contributed by atoms with Crippen LogP contribution in [-0.2, 0) is 9.59 Å². The Hall–Kier alpha value is -1.10. The van der Waals surface area contributed by atoms with Gasteiger partial charge in [0.25, 0.3) is 0 Å². The highest BCUT2D eigenvalue weighted by Gasteiger charge is 2.39. The van der Waals surface area contributed by atoms with Crippen molar-refractivity contribution in [2.45, 2.75) is 6.04 Å². The molecule has 1 heterocycles. The number of amides is 1. The topological polar surface area (TPSA) is 83.4 Å². The van der Waals surface area contributed by atoms with Gasteiger partial charge in [-0.25, -0.2) is 0 Å². The summed E-state index contributed by atoms with van der Waals surface area (Å²) in [5, 5.41) is 8.23. The summed E-state index contributed by atoms with van der Waals surface area (Å²) in [6, 6.07) is -0.337. The number of primary amides is 1. The average Bonchev–Trinajstić information content (AvgIpc) is 2.43. The Morgan fingerprint density at radius 2 is 2.30 bits per heavy atom. The molecule has 5 nitrogen and oxygen atoms in total. The molecule has 2 atom stereocenters. The van der Waals surface area contributed by atoms with Crippen LogP contribution in [0.1, 0.15) is 0 Å². The van der Waals surface area contributed by atoms with Crippen LogP contribution in [0, 0.1) is 0 Å². The molecule has 0 bridgehead atoms. The van der Waals surface area contributed by atoms with E-state index in [-0.39, 0.29) is 12.6 Å². The van der Waals surface area contributed by atoms with Gasteiger partial charge in [0.05, 0.1) is 6.54 Å². The monoisotopic (exact) mass is 144 g/mol. The number of carbonyl (C=O) groups excluding carboxylic acids is 1. The number of aliphatic carboxylic acids is 1. The number of carboxylic acid groups (broad SMARTS) is 1. The van der Waals surface area contributed by atoms with Crippen LogP contribution < -0.4 is 5.73 Å². The summed E-state index contributed by atoms with van der Waals surface area (Å²) >= 11 is 0. The molecule has 0 aliphatic carbocycles. The molecule has 0 radical (unpaired) electrons. The van der Waals surface area contributed by atoms with Crippen molar-refractivity contribution in [1.29, 1.82) is 0 Å². The molecule has 0 aromatic rings. The molecule has 5 heteroatoms. The van der Waals surface area contributed by atoms with Crippen molar-refractivity contribution >= 4 is 11.9 Å². The van der Waals surface area contributed by atoms with E-state index >= 15 is 0 Å². The fourth-order valence-corrected chi connectivity index (χ4v) is 0.793. The molecular formula is C5H8N2O3. The Labute approximate surface area is 57.4 Å². The number of nitrogens with zero attached hydrogens (tertiary/aromatic N) is 1. The smallest absolute Gasteiger partial charge is 0.317 e. The van der Waals surface area contributed by atoms with Crippen LogP contribution in [0.15, 0.2) is 0 Å². The van der Waals surface area contributed by atoms with Crippen LogP contribution in [0.25, 0.3) is 0 Å². The Bertz CT molecular complexity index is 180. The van der Waals surface area contributed by atoms with Gasteiger partial charge in [0.15, 0.2) is 0 Å². The predicted octanol–water partition coefficient (Wildman–Crippen LogP) is -1.76. The highest BCUT2D eigenvalue weighted by molar-refractivity contribution is 5.84. The second-order valence-electron chi connectivity index (χ2n) is 2.24. The minimum Gasteiger partial charge on any atom is -0.480 e. The third-order valence-corrected chi connectivity index (χ3v) is 1.38. The quantitative estimate of drug-likeness (QED) is 0.459. The fourth-order valence-electron chi connectivity index (χ4n) is 0.793. The van der Waals surface area contributed by atoms with Crippen molar-refractivity contribution in [3.05, 3.63) is 0 Å². The molecule has 2 unspecified atom stereocenters. The molecule has 0 spiro atoms. The summed E-state index contributed by atoms with van der Waals surface area (Å²) in [6.45, 7) is 0.398. The molecular weight excluding hydrogens is 136 g/mol. The Morgan fingerprint density at radius 1 is 1.70 bits per heavy atom. The van der Waals surface area contributed by atoms with E-state index in [1.165, 1.54) is 4.90 Å². The van der Waals surface area contributed by atoms with E-state index in [9.17, 15) is 9.59 Å². The van der Waals surface area contributed by atoms with Gasteiger partial charge in [0, 0.05) is 6.54 Å². The van der Waals surface area contributed by atoms with Crippen molar-refractivity contribution in [1.82, 2.24) is 4.90 Å². The van der Waals surface area contributed by atoms with Crippen molar-refractivity contribution in [2.75, 3.05) is 13.1 Å². The van der Waals surface area contributed by atoms with Crippen molar-refractivity contribution < 1.29 is 14.7 Å². The van der Waals surface area contributed by atoms with E-state index in [2.05, 4.69) is 0 Å². The first kappa shape index (κ1) is 7.01. The summed E-state index contributed by atoms with van der Waals surface area (Å²) in [5.41, 5.74) is 4.89. The summed E-state index contributed by atoms with van der Waals surface area (Å²) in [4.78, 5) is 21.9. The molecule has 0 aromatic carbocycles.